The maximum atomic E-state index is 12.4. The molecule has 0 bridgehead atoms. The topological polar surface area (TPSA) is 38.8 Å². The average molecular weight is 353 g/mol. The van der Waals surface area contributed by atoms with Crippen LogP contribution in [0.4, 0.5) is 0 Å². The van der Waals surface area contributed by atoms with E-state index in [1.807, 2.05) is 18.7 Å². The van der Waals surface area contributed by atoms with Crippen molar-refractivity contribution in [3.8, 4) is 0 Å². The molecule has 124 valence electrons. The fourth-order valence-corrected chi connectivity index (χ4v) is 6.30. The van der Waals surface area contributed by atoms with Crippen LogP contribution in [0.5, 0.6) is 0 Å². The summed E-state index contributed by atoms with van der Waals surface area (Å²) in [5, 5.41) is 0. The molecule has 0 aromatic rings. The highest BCUT2D eigenvalue weighted by molar-refractivity contribution is 8.68. The third kappa shape index (κ3) is 7.00. The van der Waals surface area contributed by atoms with Crippen molar-refractivity contribution in [3.05, 3.63) is 0 Å². The van der Waals surface area contributed by atoms with Crippen molar-refractivity contribution in [3.63, 3.8) is 0 Å². The van der Waals surface area contributed by atoms with E-state index in [1.54, 1.807) is 0 Å². The summed E-state index contributed by atoms with van der Waals surface area (Å²) in [5.41, 5.74) is -2.37. The molecule has 1 atom stereocenters. The minimum Gasteiger partial charge on any atom is -0.339 e. The van der Waals surface area contributed by atoms with E-state index in [4.69, 9.17) is 20.9 Å². The van der Waals surface area contributed by atoms with E-state index in [1.165, 1.54) is 17.8 Å². The minimum atomic E-state index is -2.37. The molecule has 0 radical (unpaired) electrons. The van der Waals surface area contributed by atoms with Gasteiger partial charge in [0.15, 0.2) is 0 Å². The van der Waals surface area contributed by atoms with Crippen molar-refractivity contribution >= 4 is 34.8 Å². The van der Waals surface area contributed by atoms with Gasteiger partial charge in [0, 0.05) is 12.6 Å². The summed E-state index contributed by atoms with van der Waals surface area (Å²) in [7, 11) is 0. The van der Waals surface area contributed by atoms with Crippen molar-refractivity contribution in [1.29, 1.82) is 0 Å². The molecule has 1 rings (SSSR count). The SMILES string of the molecule is CCCOP(=S)(OCCC)SCC(=O)N1CCCCC1C. The summed E-state index contributed by atoms with van der Waals surface area (Å²) in [5.74, 6) is 0.538. The Labute approximate surface area is 138 Å². The van der Waals surface area contributed by atoms with E-state index in [-0.39, 0.29) is 5.91 Å². The summed E-state index contributed by atoms with van der Waals surface area (Å²) in [6.07, 6.45) is 5.24. The molecule has 0 aliphatic carbocycles. The molecule has 4 nitrogen and oxygen atoms in total. The zero-order valence-corrected chi connectivity index (χ0v) is 15.9. The summed E-state index contributed by atoms with van der Waals surface area (Å²) >= 11 is 6.94. The molecule has 1 amide bonds. The van der Waals surface area contributed by atoms with Crippen molar-refractivity contribution in [2.75, 3.05) is 25.5 Å². The number of piperidine rings is 1. The maximum Gasteiger partial charge on any atom is 0.247 e. The molecule has 1 fully saturated rings. The summed E-state index contributed by atoms with van der Waals surface area (Å²) in [6, 6.07) is 0.345. The first-order chi connectivity index (χ1) is 10.0. The zero-order chi connectivity index (χ0) is 15.7. The molecule has 1 aliphatic rings. The Balaban J connectivity index is 2.50. The number of likely N-dealkylation sites (tertiary alicyclic amines) is 1. The first kappa shape index (κ1) is 19.4. The zero-order valence-electron chi connectivity index (χ0n) is 13.4. The van der Waals surface area contributed by atoms with Crippen LogP contribution in [0.15, 0.2) is 0 Å². The van der Waals surface area contributed by atoms with Crippen molar-refractivity contribution < 1.29 is 13.8 Å². The highest BCUT2D eigenvalue weighted by Crippen LogP contribution is 2.61. The average Bonchev–Trinajstić information content (AvgIpc) is 2.49. The largest absolute Gasteiger partial charge is 0.339 e. The summed E-state index contributed by atoms with van der Waals surface area (Å²) < 4.78 is 11.5. The smallest absolute Gasteiger partial charge is 0.247 e. The van der Waals surface area contributed by atoms with E-state index in [0.717, 1.165) is 32.2 Å². The highest BCUT2D eigenvalue weighted by Gasteiger charge is 2.27. The summed E-state index contributed by atoms with van der Waals surface area (Å²) in [6.45, 7) is 8.29. The minimum absolute atomic E-state index is 0.168. The second kappa shape index (κ2) is 10.2. The molecule has 1 unspecified atom stereocenters. The Morgan fingerprint density at radius 3 is 2.43 bits per heavy atom. The van der Waals surface area contributed by atoms with Gasteiger partial charge in [0.25, 0.3) is 0 Å². The quantitative estimate of drug-likeness (QED) is 0.581. The van der Waals surface area contributed by atoms with Crippen LogP contribution >= 0.6 is 17.1 Å². The molecule has 0 aromatic heterocycles. The second-order valence-electron chi connectivity index (χ2n) is 5.32. The lowest BCUT2D eigenvalue weighted by molar-refractivity contribution is -0.131. The van der Waals surface area contributed by atoms with E-state index >= 15 is 0 Å². The number of carbonyl (C=O) groups excluding carboxylic acids is 1. The van der Waals surface area contributed by atoms with Crippen LogP contribution in [0.2, 0.25) is 0 Å². The number of carbonyl (C=O) groups is 1. The van der Waals surface area contributed by atoms with Crippen LogP contribution in [0, 0.1) is 0 Å². The van der Waals surface area contributed by atoms with Crippen LogP contribution in [0.3, 0.4) is 0 Å². The molecule has 1 aliphatic heterocycles. The monoisotopic (exact) mass is 353 g/mol. The Morgan fingerprint density at radius 1 is 1.29 bits per heavy atom. The Hall–Kier alpha value is 0.390. The maximum absolute atomic E-state index is 12.4. The van der Waals surface area contributed by atoms with Gasteiger partial charge in [-0.25, -0.2) is 0 Å². The van der Waals surface area contributed by atoms with Gasteiger partial charge < -0.3 is 13.9 Å². The van der Waals surface area contributed by atoms with Crippen LogP contribution in [0.1, 0.15) is 52.9 Å². The molecule has 0 aromatic carbocycles. The van der Waals surface area contributed by atoms with Gasteiger partial charge in [-0.2, -0.15) is 0 Å². The van der Waals surface area contributed by atoms with Crippen LogP contribution in [-0.4, -0.2) is 42.4 Å². The van der Waals surface area contributed by atoms with Crippen molar-refractivity contribution in [1.82, 2.24) is 4.90 Å². The van der Waals surface area contributed by atoms with Gasteiger partial charge in [0.2, 0.25) is 11.6 Å². The normalized spacial score (nSPS) is 19.8. The predicted molar refractivity (Wildman–Crippen MR) is 94.3 cm³/mol. The molecular formula is C14H28NO3PS2. The van der Waals surface area contributed by atoms with E-state index in [0.29, 0.717) is 25.0 Å². The van der Waals surface area contributed by atoms with Gasteiger partial charge >= 0.3 is 0 Å². The van der Waals surface area contributed by atoms with E-state index in [2.05, 4.69) is 6.92 Å². The standard InChI is InChI=1S/C14H28NO3PS2/c1-4-10-17-19(20,18-11-5-2)21-12-14(16)15-9-7-6-8-13(15)3/h13H,4-12H2,1-3H3. The first-order valence-corrected chi connectivity index (χ1v) is 12.1. The molecular weight excluding hydrogens is 325 g/mol. The molecule has 1 saturated heterocycles. The molecule has 0 saturated carbocycles. The lowest BCUT2D eigenvalue weighted by Gasteiger charge is -2.33. The van der Waals surface area contributed by atoms with Crippen molar-refractivity contribution in [2.45, 2.75) is 58.9 Å². The van der Waals surface area contributed by atoms with E-state index < -0.39 is 5.69 Å². The fourth-order valence-electron chi connectivity index (χ4n) is 2.20. The van der Waals surface area contributed by atoms with Crippen LogP contribution < -0.4 is 0 Å². The number of hydrogen-bond acceptors (Lipinski definition) is 5. The number of nitrogens with zero attached hydrogens (tertiary/aromatic N) is 1. The Morgan fingerprint density at radius 2 is 1.90 bits per heavy atom. The summed E-state index contributed by atoms with van der Waals surface area (Å²) in [4.78, 5) is 14.4. The lowest BCUT2D eigenvalue weighted by atomic mass is 10.0. The number of hydrogen-bond donors (Lipinski definition) is 0. The first-order valence-electron chi connectivity index (χ1n) is 7.85. The Kier molecular flexibility index (Phi) is 9.46. The van der Waals surface area contributed by atoms with Crippen LogP contribution in [-0.2, 0) is 25.6 Å². The van der Waals surface area contributed by atoms with Gasteiger partial charge in [0.05, 0.1) is 19.0 Å². The van der Waals surface area contributed by atoms with Crippen molar-refractivity contribution in [2.24, 2.45) is 0 Å². The van der Waals surface area contributed by atoms with Gasteiger partial charge in [-0.05, 0) is 50.8 Å². The Bertz CT molecular complexity index is 356. The third-order valence-corrected chi connectivity index (χ3v) is 8.62. The number of amides is 1. The highest BCUT2D eigenvalue weighted by atomic mass is 32.9. The molecule has 21 heavy (non-hydrogen) atoms. The van der Waals surface area contributed by atoms with Gasteiger partial charge in [-0.15, -0.1) is 0 Å². The number of rotatable bonds is 9. The molecule has 1 heterocycles. The van der Waals surface area contributed by atoms with Gasteiger partial charge in [0.1, 0.15) is 0 Å². The van der Waals surface area contributed by atoms with Gasteiger partial charge in [-0.1, -0.05) is 25.2 Å². The molecule has 7 heteroatoms. The van der Waals surface area contributed by atoms with Gasteiger partial charge in [-0.3, -0.25) is 4.79 Å². The predicted octanol–water partition coefficient (Wildman–Crippen LogP) is 4.20. The van der Waals surface area contributed by atoms with E-state index in [9.17, 15) is 4.79 Å². The second-order valence-corrected chi connectivity index (χ2v) is 11.6. The lowest BCUT2D eigenvalue weighted by Crippen LogP contribution is -2.42. The van der Waals surface area contributed by atoms with Crippen LogP contribution in [0.25, 0.3) is 0 Å². The molecule has 0 N–H and O–H groups in total. The fraction of sp³-hybridized carbons (Fsp3) is 0.929. The molecule has 0 spiro atoms. The third-order valence-electron chi connectivity index (χ3n) is 3.38.